The van der Waals surface area contributed by atoms with Gasteiger partial charge in [0, 0.05) is 35.3 Å². The van der Waals surface area contributed by atoms with Gasteiger partial charge in [-0.05, 0) is 164 Å². The van der Waals surface area contributed by atoms with Crippen LogP contribution in [0.2, 0.25) is 0 Å². The minimum Gasteiger partial charge on any atom is -0.489 e. The first-order valence-corrected chi connectivity index (χ1v) is 28.8. The molecule has 3 atom stereocenters. The predicted octanol–water partition coefficient (Wildman–Crippen LogP) is 16.8. The molecule has 0 spiro atoms. The van der Waals surface area contributed by atoms with E-state index in [1.54, 1.807) is 0 Å². The molecule has 6 N–H and O–H groups in total. The summed E-state index contributed by atoms with van der Waals surface area (Å²) in [5.41, 5.74) is 11.8. The molecule has 0 fully saturated rings. The highest BCUT2D eigenvalue weighted by Gasteiger charge is 2.26. The van der Waals surface area contributed by atoms with E-state index in [2.05, 4.69) is 73.4 Å². The fraction of sp³-hybridized carbons (Fsp3) is 0.348. The Bertz CT molecular complexity index is 2760. The van der Waals surface area contributed by atoms with Crippen molar-refractivity contribution in [2.45, 2.75) is 139 Å². The lowest BCUT2D eigenvalue weighted by atomic mass is 9.80. The third-order valence-electron chi connectivity index (χ3n) is 14.5. The zero-order valence-electron chi connectivity index (χ0n) is 48.9. The Hall–Kier alpha value is -8.25. The van der Waals surface area contributed by atoms with E-state index in [1.807, 2.05) is 185 Å². The minimum atomic E-state index is -0.314. The summed E-state index contributed by atoms with van der Waals surface area (Å²) in [7, 11) is 0. The first kappa shape index (κ1) is 60.4. The third-order valence-corrected chi connectivity index (χ3v) is 14.5. The van der Waals surface area contributed by atoms with Crippen molar-refractivity contribution in [3.63, 3.8) is 0 Å². The molecule has 0 saturated heterocycles. The van der Waals surface area contributed by atoms with Gasteiger partial charge in [0.2, 0.25) is 0 Å². The lowest BCUT2D eigenvalue weighted by Gasteiger charge is -2.29. The van der Waals surface area contributed by atoms with Crippen LogP contribution in [0.3, 0.4) is 0 Å². The van der Waals surface area contributed by atoms with Crippen LogP contribution in [0.25, 0.3) is 0 Å². The van der Waals surface area contributed by atoms with Gasteiger partial charge in [-0.15, -0.1) is 0 Å². The summed E-state index contributed by atoms with van der Waals surface area (Å²) in [5, 5.41) is 18.2. The van der Waals surface area contributed by atoms with Crippen molar-refractivity contribution in [1.82, 2.24) is 16.0 Å². The summed E-state index contributed by atoms with van der Waals surface area (Å²) < 4.78 is 20.7. The first-order chi connectivity index (χ1) is 39.1. The van der Waals surface area contributed by atoms with Crippen molar-refractivity contribution in [3.8, 4) is 17.2 Å². The van der Waals surface area contributed by atoms with Crippen molar-refractivity contribution < 1.29 is 28.6 Å². The molecular weight excluding hydrogens is 1010 g/mol. The largest absolute Gasteiger partial charge is 0.489 e. The van der Waals surface area contributed by atoms with Gasteiger partial charge in [0.15, 0.2) is 0 Å². The Labute approximate surface area is 481 Å². The normalized spacial score (nSPS) is 12.3. The zero-order chi connectivity index (χ0) is 57.7. The molecule has 12 heteroatoms. The maximum atomic E-state index is 13.3. The maximum Gasteiger partial charge on any atom is 0.319 e. The molecule has 0 aromatic heterocycles. The summed E-state index contributed by atoms with van der Waals surface area (Å²) in [6.45, 7) is 20.2. The van der Waals surface area contributed by atoms with E-state index in [0.717, 1.165) is 71.9 Å². The van der Waals surface area contributed by atoms with E-state index in [-0.39, 0.29) is 56.0 Å². The predicted molar refractivity (Wildman–Crippen MR) is 329 cm³/mol. The van der Waals surface area contributed by atoms with Crippen molar-refractivity contribution >= 4 is 35.2 Å². The second-order valence-corrected chi connectivity index (χ2v) is 22.3. The van der Waals surface area contributed by atoms with E-state index in [9.17, 15) is 14.4 Å². The second kappa shape index (κ2) is 30.4. The monoisotopic (exact) mass is 1090 g/mol. The molecular formula is C69H84N6O6. The molecule has 0 aliphatic rings. The molecule has 7 rings (SSSR count). The molecule has 0 aliphatic heterocycles. The van der Waals surface area contributed by atoms with Crippen LogP contribution >= 0.6 is 0 Å². The number of hydrogen-bond acceptors (Lipinski definition) is 6. The standard InChI is InChI=1S/C69H84N6O6/c1-46(2)34-37-61-64(43-79-58-31-19-28-55(40-58)73-67(76)70-49(7)52-22-13-10-14-23-52)62(38-35-47(3)4)66(45-81-60-33-21-30-57(42-60)75-69(78)72-51(9)54-26-17-12-18-27-54)63(39-36-48(5)6)65(61)44-80-59-32-20-29-56(41-59)74-68(77)71-50(8)53-24-15-11-16-25-53/h10-33,40-42,46-51H,34-39,43-45H2,1-9H3,(H2,70,73,76)(H2,71,74,77)(H2,72,75,78)/t49-,50-,51+/m0/s1. The summed E-state index contributed by atoms with van der Waals surface area (Å²) in [4.78, 5) is 40.0. The average Bonchev–Trinajstić information content (AvgIpc) is 3.64. The topological polar surface area (TPSA) is 151 Å². The summed E-state index contributed by atoms with van der Waals surface area (Å²) >= 11 is 0. The smallest absolute Gasteiger partial charge is 0.319 e. The number of rotatable bonds is 27. The van der Waals surface area contributed by atoms with Gasteiger partial charge in [0.1, 0.15) is 37.1 Å². The van der Waals surface area contributed by atoms with Gasteiger partial charge < -0.3 is 46.1 Å². The SMILES string of the molecule is CC(C)CCc1c(COc2cccc(NC(=O)N[C@@H](C)c3ccccc3)c2)c(CCC(C)C)c(COc2cccc(NC(=O)N[C@H](C)c3ccccc3)c2)c(CCC(C)C)c1COc1cccc(NC(=O)N[C@@H](C)c2ccccc2)c1. The molecule has 0 unspecified atom stereocenters. The van der Waals surface area contributed by atoms with Gasteiger partial charge in [0.05, 0.1) is 18.1 Å². The van der Waals surface area contributed by atoms with Crippen LogP contribution in [0, 0.1) is 17.8 Å². The van der Waals surface area contributed by atoms with Crippen LogP contribution in [0.4, 0.5) is 31.4 Å². The third kappa shape index (κ3) is 18.9. The van der Waals surface area contributed by atoms with Gasteiger partial charge in [-0.3, -0.25) is 0 Å². The Morgan fingerprint density at radius 3 is 0.840 bits per heavy atom. The minimum absolute atomic E-state index is 0.193. The second-order valence-electron chi connectivity index (χ2n) is 22.3. The van der Waals surface area contributed by atoms with E-state index in [1.165, 1.54) is 16.7 Å². The van der Waals surface area contributed by atoms with Crippen LogP contribution in [0.1, 0.15) is 150 Å². The molecule has 0 saturated carbocycles. The summed E-state index contributed by atoms with van der Waals surface area (Å²) in [5.74, 6) is 3.09. The highest BCUT2D eigenvalue weighted by molar-refractivity contribution is 5.91. The van der Waals surface area contributed by atoms with Crippen molar-refractivity contribution in [2.24, 2.45) is 17.8 Å². The van der Waals surface area contributed by atoms with Gasteiger partial charge >= 0.3 is 18.1 Å². The molecule has 0 bridgehead atoms. The van der Waals surface area contributed by atoms with Gasteiger partial charge in [-0.2, -0.15) is 0 Å². The molecule has 0 aliphatic carbocycles. The maximum absolute atomic E-state index is 13.3. The molecule has 7 aromatic rings. The Morgan fingerprint density at radius 1 is 0.333 bits per heavy atom. The van der Waals surface area contributed by atoms with Crippen LogP contribution in [-0.4, -0.2) is 18.1 Å². The van der Waals surface area contributed by atoms with Crippen molar-refractivity contribution in [3.05, 3.63) is 214 Å². The van der Waals surface area contributed by atoms with Crippen molar-refractivity contribution in [1.29, 1.82) is 0 Å². The number of nitrogens with one attached hydrogen (secondary N) is 6. The highest BCUT2D eigenvalue weighted by atomic mass is 16.5. The number of urea groups is 3. The number of anilines is 3. The zero-order valence-corrected chi connectivity index (χ0v) is 48.9. The number of hydrogen-bond donors (Lipinski definition) is 6. The molecule has 7 aromatic carbocycles. The van der Waals surface area contributed by atoms with E-state index < -0.39 is 0 Å². The summed E-state index contributed by atoms with van der Waals surface area (Å²) in [6, 6.07) is 50.7. The van der Waals surface area contributed by atoms with Crippen LogP contribution in [-0.2, 0) is 39.1 Å². The number of carbonyl (C=O) groups is 3. The van der Waals surface area contributed by atoms with Gasteiger partial charge in [0.25, 0.3) is 0 Å². The molecule has 6 amide bonds. The molecule has 81 heavy (non-hydrogen) atoms. The fourth-order valence-electron chi connectivity index (χ4n) is 9.84. The number of amides is 6. The highest BCUT2D eigenvalue weighted by Crippen LogP contribution is 2.37. The number of benzene rings is 7. The summed E-state index contributed by atoms with van der Waals surface area (Å²) in [6.07, 6.45) is 5.19. The number of ether oxygens (including phenoxy) is 3. The average molecular weight is 1090 g/mol. The van der Waals surface area contributed by atoms with E-state index in [0.29, 0.717) is 52.1 Å². The lowest BCUT2D eigenvalue weighted by Crippen LogP contribution is -2.31. The quantitative estimate of drug-likeness (QED) is 0.0302. The molecule has 0 radical (unpaired) electrons. The van der Waals surface area contributed by atoms with Crippen LogP contribution in [0.15, 0.2) is 164 Å². The number of carbonyl (C=O) groups excluding carboxylic acids is 3. The first-order valence-electron chi connectivity index (χ1n) is 28.8. The van der Waals surface area contributed by atoms with Crippen LogP contribution in [0.5, 0.6) is 17.2 Å². The molecule has 426 valence electrons. The van der Waals surface area contributed by atoms with E-state index >= 15 is 0 Å². The molecule has 0 heterocycles. The molecule has 12 nitrogen and oxygen atoms in total. The van der Waals surface area contributed by atoms with Gasteiger partial charge in [-0.25, -0.2) is 14.4 Å². The van der Waals surface area contributed by atoms with E-state index in [4.69, 9.17) is 14.2 Å². The Balaban J connectivity index is 1.25. The Morgan fingerprint density at radius 2 is 0.593 bits per heavy atom. The fourth-order valence-corrected chi connectivity index (χ4v) is 9.84. The lowest BCUT2D eigenvalue weighted by molar-refractivity contribution is 0.248. The van der Waals surface area contributed by atoms with Gasteiger partial charge in [-0.1, -0.05) is 151 Å². The van der Waals surface area contributed by atoms with Crippen molar-refractivity contribution in [2.75, 3.05) is 16.0 Å². The van der Waals surface area contributed by atoms with Crippen LogP contribution < -0.4 is 46.1 Å². The Kier molecular flexibility index (Phi) is 22.6.